The van der Waals surface area contributed by atoms with E-state index in [0.29, 0.717) is 5.82 Å². The molecule has 0 aliphatic heterocycles. The number of carbonyl (C=O) groups is 1. The fourth-order valence-electron chi connectivity index (χ4n) is 1.92. The molecule has 2 aromatic heterocycles. The molecule has 0 aliphatic rings. The second kappa shape index (κ2) is 6.78. The summed E-state index contributed by atoms with van der Waals surface area (Å²) < 4.78 is 1.28. The molecule has 2 rings (SSSR count). The van der Waals surface area contributed by atoms with Crippen molar-refractivity contribution >= 4 is 11.7 Å². The molecule has 110 valence electrons. The summed E-state index contributed by atoms with van der Waals surface area (Å²) in [4.78, 5) is 32.1. The van der Waals surface area contributed by atoms with Gasteiger partial charge in [0.1, 0.15) is 12.4 Å². The highest BCUT2D eigenvalue weighted by atomic mass is 16.2. The summed E-state index contributed by atoms with van der Waals surface area (Å²) in [6.07, 6.45) is 4.71. The number of hydrogen-bond donors (Lipinski definition) is 1. The Bertz CT molecular complexity index is 694. The van der Waals surface area contributed by atoms with Gasteiger partial charge < -0.3 is 5.32 Å². The molecule has 2 heterocycles. The van der Waals surface area contributed by atoms with Crippen LogP contribution in [0.25, 0.3) is 0 Å². The van der Waals surface area contributed by atoms with Crippen LogP contribution in [0.1, 0.15) is 24.6 Å². The number of pyridine rings is 1. The van der Waals surface area contributed by atoms with Crippen molar-refractivity contribution in [3.8, 4) is 0 Å². The van der Waals surface area contributed by atoms with Crippen molar-refractivity contribution in [1.82, 2.24) is 14.5 Å². The highest BCUT2D eigenvalue weighted by Gasteiger charge is 2.08. The first-order valence-electron chi connectivity index (χ1n) is 6.87. The van der Waals surface area contributed by atoms with Crippen LogP contribution < -0.4 is 10.9 Å². The van der Waals surface area contributed by atoms with Gasteiger partial charge in [0.25, 0.3) is 5.56 Å². The van der Waals surface area contributed by atoms with E-state index < -0.39 is 0 Å². The van der Waals surface area contributed by atoms with E-state index in [0.717, 1.165) is 24.1 Å². The second-order valence-electron chi connectivity index (χ2n) is 4.81. The summed E-state index contributed by atoms with van der Waals surface area (Å²) in [6.45, 7) is 3.81. The molecule has 0 aromatic carbocycles. The van der Waals surface area contributed by atoms with Crippen molar-refractivity contribution < 1.29 is 4.79 Å². The quantitative estimate of drug-likeness (QED) is 0.904. The van der Waals surface area contributed by atoms with E-state index in [9.17, 15) is 9.59 Å². The first-order chi connectivity index (χ1) is 10.1. The molecule has 2 aromatic rings. The fraction of sp³-hybridized carbons (Fsp3) is 0.333. The zero-order chi connectivity index (χ0) is 15.2. The highest BCUT2D eigenvalue weighted by Crippen LogP contribution is 2.08. The average molecular weight is 286 g/mol. The molecule has 1 N–H and O–H groups in total. The molecule has 6 nitrogen and oxygen atoms in total. The Morgan fingerprint density at radius 3 is 2.86 bits per heavy atom. The minimum absolute atomic E-state index is 0.0751. The van der Waals surface area contributed by atoms with Gasteiger partial charge in [0.2, 0.25) is 5.91 Å². The van der Waals surface area contributed by atoms with Gasteiger partial charge in [0.05, 0.1) is 6.33 Å². The third-order valence-electron chi connectivity index (χ3n) is 3.02. The van der Waals surface area contributed by atoms with Gasteiger partial charge in [-0.1, -0.05) is 19.4 Å². The number of rotatable bonds is 5. The molecule has 0 bridgehead atoms. The van der Waals surface area contributed by atoms with Crippen molar-refractivity contribution in [2.75, 3.05) is 5.32 Å². The predicted octanol–water partition coefficient (Wildman–Crippen LogP) is 1.54. The first kappa shape index (κ1) is 14.9. The van der Waals surface area contributed by atoms with Crippen molar-refractivity contribution in [3.05, 3.63) is 52.3 Å². The maximum absolute atomic E-state index is 12.0. The SMILES string of the molecule is CCCc1cc(=O)n(CC(=O)Nc2ncccc2C)cn1. The van der Waals surface area contributed by atoms with Gasteiger partial charge in [-0.15, -0.1) is 0 Å². The standard InChI is InChI=1S/C15H18N4O2/c1-3-5-12-8-14(21)19(10-17-12)9-13(20)18-15-11(2)6-4-7-16-15/h4,6-8,10H,3,5,9H2,1-2H3,(H,16,18,20). The smallest absolute Gasteiger partial charge is 0.253 e. The zero-order valence-corrected chi connectivity index (χ0v) is 12.2. The van der Waals surface area contributed by atoms with Crippen molar-refractivity contribution in [3.63, 3.8) is 0 Å². The van der Waals surface area contributed by atoms with Crippen LogP contribution >= 0.6 is 0 Å². The van der Waals surface area contributed by atoms with Gasteiger partial charge in [-0.2, -0.15) is 0 Å². The molecular formula is C15H18N4O2. The topological polar surface area (TPSA) is 76.9 Å². The van der Waals surface area contributed by atoms with Gasteiger partial charge in [0, 0.05) is 18.0 Å². The van der Waals surface area contributed by atoms with Crippen LogP contribution in [-0.2, 0) is 17.8 Å². The van der Waals surface area contributed by atoms with Crippen LogP contribution in [0, 0.1) is 6.92 Å². The van der Waals surface area contributed by atoms with Gasteiger partial charge in [-0.05, 0) is 25.0 Å². The molecule has 0 atom stereocenters. The number of aryl methyl sites for hydroxylation is 2. The summed E-state index contributed by atoms with van der Waals surface area (Å²) >= 11 is 0. The Morgan fingerprint density at radius 1 is 1.38 bits per heavy atom. The van der Waals surface area contributed by atoms with Crippen molar-refractivity contribution in [2.45, 2.75) is 33.2 Å². The number of carbonyl (C=O) groups excluding carboxylic acids is 1. The summed E-state index contributed by atoms with van der Waals surface area (Å²) in [5.41, 5.74) is 1.40. The van der Waals surface area contributed by atoms with E-state index in [4.69, 9.17) is 0 Å². The fourth-order valence-corrected chi connectivity index (χ4v) is 1.92. The zero-order valence-electron chi connectivity index (χ0n) is 12.2. The molecule has 0 saturated heterocycles. The Labute approximate surface area is 122 Å². The second-order valence-corrected chi connectivity index (χ2v) is 4.81. The summed E-state index contributed by atoms with van der Waals surface area (Å²) in [6, 6.07) is 5.13. The van der Waals surface area contributed by atoms with E-state index in [1.165, 1.54) is 17.0 Å². The van der Waals surface area contributed by atoms with Crippen LogP contribution in [0.5, 0.6) is 0 Å². The molecular weight excluding hydrogens is 268 g/mol. The number of amides is 1. The number of nitrogens with zero attached hydrogens (tertiary/aromatic N) is 3. The normalized spacial score (nSPS) is 10.4. The van der Waals surface area contributed by atoms with E-state index in [-0.39, 0.29) is 18.0 Å². The van der Waals surface area contributed by atoms with E-state index in [1.807, 2.05) is 19.9 Å². The van der Waals surface area contributed by atoms with E-state index in [1.54, 1.807) is 12.3 Å². The van der Waals surface area contributed by atoms with Crippen LogP contribution in [-0.4, -0.2) is 20.4 Å². The molecule has 0 aliphatic carbocycles. The molecule has 0 fully saturated rings. The van der Waals surface area contributed by atoms with Gasteiger partial charge in [0.15, 0.2) is 0 Å². The van der Waals surface area contributed by atoms with E-state index in [2.05, 4.69) is 15.3 Å². The maximum atomic E-state index is 12.0. The third-order valence-corrected chi connectivity index (χ3v) is 3.02. The third kappa shape index (κ3) is 3.98. The largest absolute Gasteiger partial charge is 0.309 e. The number of anilines is 1. The molecule has 0 saturated carbocycles. The minimum Gasteiger partial charge on any atom is -0.309 e. The first-order valence-corrected chi connectivity index (χ1v) is 6.87. The minimum atomic E-state index is -0.302. The Morgan fingerprint density at radius 2 is 2.19 bits per heavy atom. The molecule has 0 unspecified atom stereocenters. The Hall–Kier alpha value is -2.50. The van der Waals surface area contributed by atoms with Gasteiger partial charge >= 0.3 is 0 Å². The summed E-state index contributed by atoms with van der Waals surface area (Å²) in [7, 11) is 0. The van der Waals surface area contributed by atoms with Crippen LogP contribution in [0.4, 0.5) is 5.82 Å². The number of aromatic nitrogens is 3. The maximum Gasteiger partial charge on any atom is 0.253 e. The van der Waals surface area contributed by atoms with E-state index >= 15 is 0 Å². The van der Waals surface area contributed by atoms with Crippen molar-refractivity contribution in [2.24, 2.45) is 0 Å². The Kier molecular flexibility index (Phi) is 4.81. The lowest BCUT2D eigenvalue weighted by molar-refractivity contribution is -0.116. The van der Waals surface area contributed by atoms with Gasteiger partial charge in [-0.3, -0.25) is 14.2 Å². The lowest BCUT2D eigenvalue weighted by Crippen LogP contribution is -2.28. The predicted molar refractivity (Wildman–Crippen MR) is 80.1 cm³/mol. The lowest BCUT2D eigenvalue weighted by atomic mass is 10.2. The molecule has 1 amide bonds. The number of hydrogen-bond acceptors (Lipinski definition) is 4. The van der Waals surface area contributed by atoms with Crippen LogP contribution in [0.2, 0.25) is 0 Å². The van der Waals surface area contributed by atoms with Crippen LogP contribution in [0.3, 0.4) is 0 Å². The molecule has 0 radical (unpaired) electrons. The molecule has 21 heavy (non-hydrogen) atoms. The molecule has 6 heteroatoms. The number of nitrogens with one attached hydrogen (secondary N) is 1. The Balaban J connectivity index is 2.06. The average Bonchev–Trinajstić information content (AvgIpc) is 2.45. The lowest BCUT2D eigenvalue weighted by Gasteiger charge is -2.08. The highest BCUT2D eigenvalue weighted by molar-refractivity contribution is 5.90. The summed E-state index contributed by atoms with van der Waals surface area (Å²) in [5.74, 6) is 0.204. The monoisotopic (exact) mass is 286 g/mol. The summed E-state index contributed by atoms with van der Waals surface area (Å²) in [5, 5.41) is 2.69. The van der Waals surface area contributed by atoms with Gasteiger partial charge in [-0.25, -0.2) is 9.97 Å². The van der Waals surface area contributed by atoms with Crippen molar-refractivity contribution in [1.29, 1.82) is 0 Å². The van der Waals surface area contributed by atoms with Crippen LogP contribution in [0.15, 0.2) is 35.5 Å². The molecule has 0 spiro atoms.